The Morgan fingerprint density at radius 1 is 1.03 bits per heavy atom. The number of hydrogen-bond donors (Lipinski definition) is 1. The van der Waals surface area contributed by atoms with Crippen LogP contribution in [-0.2, 0) is 19.1 Å². The highest BCUT2D eigenvalue weighted by Crippen LogP contribution is 2.38. The first-order valence-corrected chi connectivity index (χ1v) is 11.0. The van der Waals surface area contributed by atoms with Crippen LogP contribution in [0.2, 0.25) is 0 Å². The van der Waals surface area contributed by atoms with Gasteiger partial charge in [0.15, 0.2) is 11.5 Å². The van der Waals surface area contributed by atoms with E-state index in [1.807, 2.05) is 0 Å². The molecule has 0 aromatic heterocycles. The van der Waals surface area contributed by atoms with E-state index in [9.17, 15) is 19.2 Å². The summed E-state index contributed by atoms with van der Waals surface area (Å²) < 4.78 is 20.8. The smallest absolute Gasteiger partial charge is 0.309 e. The summed E-state index contributed by atoms with van der Waals surface area (Å²) in [6, 6.07) is 2.96. The molecule has 3 amide bonds. The van der Waals surface area contributed by atoms with Crippen LogP contribution >= 0.6 is 0 Å². The van der Waals surface area contributed by atoms with Gasteiger partial charge in [-0.3, -0.25) is 19.2 Å². The van der Waals surface area contributed by atoms with E-state index >= 15 is 0 Å². The van der Waals surface area contributed by atoms with E-state index in [1.165, 1.54) is 45.4 Å². The maximum absolute atomic E-state index is 12.6. The number of likely N-dealkylation sites (tertiary alicyclic amines) is 1. The number of amides is 3. The Labute approximate surface area is 199 Å². The minimum Gasteiger partial charge on any atom is -0.493 e. The van der Waals surface area contributed by atoms with Gasteiger partial charge in [0.1, 0.15) is 0 Å². The molecule has 0 spiro atoms. The standard InChI is InChI=1S/C23H33N3O8/c1-6-34-23(30)15-7-9-26(10-8-15)20(28)14-25(2)19(27)13-24-22(29)16-11-17(31-3)21(33-5)18(12-16)32-4/h11-12,15H,6-10,13-14H2,1-5H3,(H,24,29). The third-order valence-electron chi connectivity index (χ3n) is 5.59. The summed E-state index contributed by atoms with van der Waals surface area (Å²) in [5.41, 5.74) is 0.227. The molecule has 0 unspecified atom stereocenters. The lowest BCUT2D eigenvalue weighted by Crippen LogP contribution is -2.47. The highest BCUT2D eigenvalue weighted by Gasteiger charge is 2.29. The fraction of sp³-hybridized carbons (Fsp3) is 0.565. The minimum atomic E-state index is -0.506. The zero-order chi connectivity index (χ0) is 25.3. The van der Waals surface area contributed by atoms with Gasteiger partial charge in [-0.2, -0.15) is 0 Å². The van der Waals surface area contributed by atoms with Crippen LogP contribution < -0.4 is 19.5 Å². The quantitative estimate of drug-likeness (QED) is 0.487. The lowest BCUT2D eigenvalue weighted by atomic mass is 9.97. The number of likely N-dealkylation sites (N-methyl/N-ethyl adjacent to an activating group) is 1. The number of nitrogens with one attached hydrogen (secondary N) is 1. The molecule has 1 aliphatic rings. The van der Waals surface area contributed by atoms with Crippen molar-refractivity contribution in [1.29, 1.82) is 0 Å². The van der Waals surface area contributed by atoms with Crippen LogP contribution in [0.25, 0.3) is 0 Å². The van der Waals surface area contributed by atoms with Crippen LogP contribution in [0.3, 0.4) is 0 Å². The van der Waals surface area contributed by atoms with Gasteiger partial charge in [0.25, 0.3) is 5.91 Å². The second-order valence-corrected chi connectivity index (χ2v) is 7.75. The summed E-state index contributed by atoms with van der Waals surface area (Å²) in [4.78, 5) is 52.3. The average Bonchev–Trinajstić information content (AvgIpc) is 2.85. The maximum atomic E-state index is 12.6. The Morgan fingerprint density at radius 2 is 1.62 bits per heavy atom. The number of nitrogens with zero attached hydrogens (tertiary/aromatic N) is 2. The van der Waals surface area contributed by atoms with E-state index < -0.39 is 11.8 Å². The number of methoxy groups -OCH3 is 3. The van der Waals surface area contributed by atoms with Gasteiger partial charge in [-0.05, 0) is 31.9 Å². The van der Waals surface area contributed by atoms with Crippen molar-refractivity contribution in [1.82, 2.24) is 15.1 Å². The number of hydrogen-bond acceptors (Lipinski definition) is 8. The number of benzene rings is 1. The minimum absolute atomic E-state index is 0.122. The molecule has 11 heteroatoms. The first-order chi connectivity index (χ1) is 16.2. The van der Waals surface area contributed by atoms with Gasteiger partial charge in [-0.25, -0.2) is 0 Å². The van der Waals surface area contributed by atoms with E-state index in [0.29, 0.717) is 49.8 Å². The van der Waals surface area contributed by atoms with E-state index in [4.69, 9.17) is 18.9 Å². The molecule has 2 rings (SSSR count). The van der Waals surface area contributed by atoms with Gasteiger partial charge in [-0.15, -0.1) is 0 Å². The van der Waals surface area contributed by atoms with Crippen LogP contribution in [0, 0.1) is 5.92 Å². The van der Waals surface area contributed by atoms with Crippen molar-refractivity contribution in [2.45, 2.75) is 19.8 Å². The molecule has 0 saturated carbocycles. The fourth-order valence-electron chi connectivity index (χ4n) is 3.62. The van der Waals surface area contributed by atoms with Crippen LogP contribution in [0.1, 0.15) is 30.1 Å². The van der Waals surface area contributed by atoms with Crippen molar-refractivity contribution in [2.75, 3.05) is 61.2 Å². The number of rotatable bonds is 10. The number of carbonyl (C=O) groups excluding carboxylic acids is 4. The lowest BCUT2D eigenvalue weighted by Gasteiger charge is -2.32. The average molecular weight is 480 g/mol. The predicted molar refractivity (Wildman–Crippen MR) is 122 cm³/mol. The molecule has 1 heterocycles. The summed E-state index contributed by atoms with van der Waals surface area (Å²) in [5, 5.41) is 2.54. The molecule has 11 nitrogen and oxygen atoms in total. The van der Waals surface area contributed by atoms with Crippen LogP contribution in [0.5, 0.6) is 17.2 Å². The Balaban J connectivity index is 1.86. The monoisotopic (exact) mass is 479 g/mol. The SMILES string of the molecule is CCOC(=O)C1CCN(C(=O)CN(C)C(=O)CNC(=O)c2cc(OC)c(OC)c(OC)c2)CC1. The Bertz CT molecular complexity index is 871. The molecule has 1 aliphatic heterocycles. The summed E-state index contributed by atoms with van der Waals surface area (Å²) in [5.74, 6) is -0.598. The fourth-order valence-corrected chi connectivity index (χ4v) is 3.62. The third kappa shape index (κ3) is 6.75. The number of carbonyl (C=O) groups is 4. The van der Waals surface area contributed by atoms with Gasteiger partial charge >= 0.3 is 5.97 Å². The molecule has 1 aromatic rings. The third-order valence-corrected chi connectivity index (χ3v) is 5.59. The summed E-state index contributed by atoms with van der Waals surface area (Å²) in [6.07, 6.45) is 1.07. The molecule has 0 aliphatic carbocycles. The number of piperidine rings is 1. The molecule has 0 radical (unpaired) electrons. The Hall–Kier alpha value is -3.50. The van der Waals surface area contributed by atoms with Gasteiger partial charge in [0, 0.05) is 25.7 Å². The first kappa shape index (κ1) is 26.7. The molecular formula is C23H33N3O8. The molecule has 0 bridgehead atoms. The van der Waals surface area contributed by atoms with Crippen molar-refractivity contribution in [3.05, 3.63) is 17.7 Å². The molecule has 1 fully saturated rings. The van der Waals surface area contributed by atoms with Gasteiger partial charge in [0.05, 0.1) is 46.9 Å². The van der Waals surface area contributed by atoms with Crippen LogP contribution in [-0.4, -0.2) is 94.7 Å². The Kier molecular flexibility index (Phi) is 9.96. The summed E-state index contributed by atoms with van der Waals surface area (Å²) in [7, 11) is 5.83. The molecular weight excluding hydrogens is 446 g/mol. The maximum Gasteiger partial charge on any atom is 0.309 e. The Morgan fingerprint density at radius 3 is 2.12 bits per heavy atom. The van der Waals surface area contributed by atoms with E-state index in [-0.39, 0.29) is 36.4 Å². The highest BCUT2D eigenvalue weighted by molar-refractivity contribution is 5.98. The zero-order valence-electron chi connectivity index (χ0n) is 20.3. The predicted octanol–water partition coefficient (Wildman–Crippen LogP) is 0.702. The summed E-state index contributed by atoms with van der Waals surface area (Å²) >= 11 is 0. The van der Waals surface area contributed by atoms with Gasteiger partial charge in [-0.1, -0.05) is 0 Å². The van der Waals surface area contributed by atoms with Gasteiger partial charge < -0.3 is 34.1 Å². The molecule has 1 N–H and O–H groups in total. The normalized spacial score (nSPS) is 13.6. The van der Waals surface area contributed by atoms with Crippen molar-refractivity contribution in [3.63, 3.8) is 0 Å². The van der Waals surface area contributed by atoms with E-state index in [0.717, 1.165) is 0 Å². The summed E-state index contributed by atoms with van der Waals surface area (Å²) in [6.45, 7) is 2.55. The van der Waals surface area contributed by atoms with Crippen molar-refractivity contribution >= 4 is 23.7 Å². The largest absolute Gasteiger partial charge is 0.493 e. The first-order valence-electron chi connectivity index (χ1n) is 11.0. The van der Waals surface area contributed by atoms with Crippen LogP contribution in [0.15, 0.2) is 12.1 Å². The van der Waals surface area contributed by atoms with Crippen molar-refractivity contribution < 1.29 is 38.1 Å². The van der Waals surface area contributed by atoms with Crippen LogP contribution in [0.4, 0.5) is 0 Å². The lowest BCUT2D eigenvalue weighted by molar-refractivity contribution is -0.151. The van der Waals surface area contributed by atoms with Crippen molar-refractivity contribution in [2.24, 2.45) is 5.92 Å². The molecule has 1 aromatic carbocycles. The van der Waals surface area contributed by atoms with E-state index in [2.05, 4.69) is 5.32 Å². The van der Waals surface area contributed by atoms with Crippen molar-refractivity contribution in [3.8, 4) is 17.2 Å². The second kappa shape index (κ2) is 12.7. The molecule has 1 saturated heterocycles. The molecule has 188 valence electrons. The number of ether oxygens (including phenoxy) is 4. The van der Waals surface area contributed by atoms with E-state index in [1.54, 1.807) is 11.8 Å². The highest BCUT2D eigenvalue weighted by atomic mass is 16.5. The zero-order valence-corrected chi connectivity index (χ0v) is 20.3. The topological polar surface area (TPSA) is 124 Å². The number of esters is 1. The molecule has 34 heavy (non-hydrogen) atoms. The molecule has 0 atom stereocenters. The van der Waals surface area contributed by atoms with Gasteiger partial charge in [0.2, 0.25) is 17.6 Å². The second-order valence-electron chi connectivity index (χ2n) is 7.75.